The Hall–Kier alpha value is -2.56. The molecule has 98 valence electrons. The number of aromatic nitrogens is 1. The lowest BCUT2D eigenvalue weighted by molar-refractivity contribution is 0.0696. The Morgan fingerprint density at radius 2 is 2.11 bits per heavy atom. The third-order valence-corrected chi connectivity index (χ3v) is 2.89. The van der Waals surface area contributed by atoms with Gasteiger partial charge in [0.05, 0.1) is 12.1 Å². The van der Waals surface area contributed by atoms with Crippen LogP contribution in [-0.2, 0) is 6.54 Å². The largest absolute Gasteiger partial charge is 0.478 e. The SMILES string of the molecule is Cc1ccn(Cc2cccc(N)c2C(=O)O)c(=O)c1. The first-order valence-electron chi connectivity index (χ1n) is 5.77. The molecule has 0 radical (unpaired) electrons. The van der Waals surface area contributed by atoms with Crippen molar-refractivity contribution in [1.29, 1.82) is 0 Å². The minimum Gasteiger partial charge on any atom is -0.478 e. The Kier molecular flexibility index (Phi) is 3.37. The fraction of sp³-hybridized carbons (Fsp3) is 0.143. The van der Waals surface area contributed by atoms with Gasteiger partial charge in [-0.2, -0.15) is 0 Å². The Morgan fingerprint density at radius 3 is 2.74 bits per heavy atom. The van der Waals surface area contributed by atoms with Gasteiger partial charge in [-0.05, 0) is 30.2 Å². The number of rotatable bonds is 3. The molecule has 0 amide bonds. The highest BCUT2D eigenvalue weighted by atomic mass is 16.4. The molecule has 1 heterocycles. The Balaban J connectivity index is 2.47. The molecule has 0 aliphatic rings. The van der Waals surface area contributed by atoms with E-state index in [1.54, 1.807) is 24.4 Å². The van der Waals surface area contributed by atoms with Gasteiger partial charge in [0.2, 0.25) is 0 Å². The van der Waals surface area contributed by atoms with E-state index in [9.17, 15) is 14.7 Å². The summed E-state index contributed by atoms with van der Waals surface area (Å²) >= 11 is 0. The molecule has 0 unspecified atom stereocenters. The molecule has 0 atom stereocenters. The average molecular weight is 258 g/mol. The van der Waals surface area contributed by atoms with Gasteiger partial charge in [0.25, 0.3) is 5.56 Å². The average Bonchev–Trinajstić information content (AvgIpc) is 2.32. The summed E-state index contributed by atoms with van der Waals surface area (Å²) in [6.45, 7) is 2.01. The number of pyridine rings is 1. The number of nitrogen functional groups attached to an aromatic ring is 1. The fourth-order valence-electron chi connectivity index (χ4n) is 1.93. The van der Waals surface area contributed by atoms with E-state index >= 15 is 0 Å². The molecule has 5 heteroatoms. The second-order valence-electron chi connectivity index (χ2n) is 4.36. The third-order valence-electron chi connectivity index (χ3n) is 2.89. The molecular formula is C14H14N2O3. The number of nitrogens with zero attached hydrogens (tertiary/aromatic N) is 1. The maximum Gasteiger partial charge on any atom is 0.338 e. The molecule has 0 bridgehead atoms. The molecule has 0 aliphatic heterocycles. The van der Waals surface area contributed by atoms with Crippen LogP contribution >= 0.6 is 0 Å². The zero-order chi connectivity index (χ0) is 14.0. The van der Waals surface area contributed by atoms with Crippen LogP contribution in [0.1, 0.15) is 21.5 Å². The number of carboxylic acids is 1. The van der Waals surface area contributed by atoms with Crippen LogP contribution in [0.15, 0.2) is 41.3 Å². The lowest BCUT2D eigenvalue weighted by Crippen LogP contribution is -2.21. The summed E-state index contributed by atoms with van der Waals surface area (Å²) in [4.78, 5) is 23.0. The van der Waals surface area contributed by atoms with E-state index in [4.69, 9.17) is 5.73 Å². The number of hydrogen-bond acceptors (Lipinski definition) is 3. The maximum atomic E-state index is 11.8. The highest BCUT2D eigenvalue weighted by Gasteiger charge is 2.14. The van der Waals surface area contributed by atoms with Crippen molar-refractivity contribution in [3.05, 3.63) is 63.6 Å². The normalized spacial score (nSPS) is 10.4. The van der Waals surface area contributed by atoms with Gasteiger partial charge in [-0.15, -0.1) is 0 Å². The van der Waals surface area contributed by atoms with Crippen LogP contribution in [0.2, 0.25) is 0 Å². The Bertz CT molecular complexity index is 689. The van der Waals surface area contributed by atoms with Crippen LogP contribution in [0.3, 0.4) is 0 Å². The number of aryl methyl sites for hydroxylation is 1. The van der Waals surface area contributed by atoms with E-state index in [-0.39, 0.29) is 23.4 Å². The van der Waals surface area contributed by atoms with E-state index in [1.165, 1.54) is 16.7 Å². The molecule has 0 spiro atoms. The third kappa shape index (κ3) is 2.65. The minimum absolute atomic E-state index is 0.0509. The number of benzene rings is 1. The molecular weight excluding hydrogens is 244 g/mol. The number of nitrogens with two attached hydrogens (primary N) is 1. The molecule has 5 nitrogen and oxygen atoms in total. The highest BCUT2D eigenvalue weighted by molar-refractivity contribution is 5.95. The van der Waals surface area contributed by atoms with Crippen molar-refractivity contribution < 1.29 is 9.90 Å². The second-order valence-corrected chi connectivity index (χ2v) is 4.36. The molecule has 19 heavy (non-hydrogen) atoms. The lowest BCUT2D eigenvalue weighted by Gasteiger charge is -2.10. The minimum atomic E-state index is -1.09. The molecule has 2 rings (SSSR count). The summed E-state index contributed by atoms with van der Waals surface area (Å²) in [5.41, 5.74) is 7.13. The van der Waals surface area contributed by atoms with Crippen molar-refractivity contribution in [3.63, 3.8) is 0 Å². The predicted octanol–water partition coefficient (Wildman–Crippen LogP) is 1.49. The van der Waals surface area contributed by atoms with Crippen LogP contribution < -0.4 is 11.3 Å². The first kappa shape index (κ1) is 12.9. The van der Waals surface area contributed by atoms with E-state index in [1.807, 2.05) is 6.92 Å². The quantitative estimate of drug-likeness (QED) is 0.817. The number of hydrogen-bond donors (Lipinski definition) is 2. The summed E-state index contributed by atoms with van der Waals surface area (Å²) in [5.74, 6) is -1.09. The van der Waals surface area contributed by atoms with Gasteiger partial charge in [0.1, 0.15) is 0 Å². The fourth-order valence-corrected chi connectivity index (χ4v) is 1.93. The number of carbonyl (C=O) groups is 1. The number of anilines is 1. The van der Waals surface area contributed by atoms with Gasteiger partial charge in [-0.1, -0.05) is 12.1 Å². The Morgan fingerprint density at radius 1 is 1.37 bits per heavy atom. The number of aromatic carboxylic acids is 1. The van der Waals surface area contributed by atoms with Crippen LogP contribution in [0.25, 0.3) is 0 Å². The molecule has 0 fully saturated rings. The highest BCUT2D eigenvalue weighted by Crippen LogP contribution is 2.17. The van der Waals surface area contributed by atoms with Crippen molar-refractivity contribution in [1.82, 2.24) is 4.57 Å². The van der Waals surface area contributed by atoms with Crippen LogP contribution in [-0.4, -0.2) is 15.6 Å². The standard InChI is InChI=1S/C14H14N2O3/c1-9-5-6-16(12(17)7-9)8-10-3-2-4-11(15)13(10)14(18)19/h2-7H,8,15H2,1H3,(H,18,19). The molecule has 3 N–H and O–H groups in total. The van der Waals surface area contributed by atoms with Crippen molar-refractivity contribution >= 4 is 11.7 Å². The zero-order valence-corrected chi connectivity index (χ0v) is 10.5. The molecule has 2 aromatic rings. The van der Waals surface area contributed by atoms with Crippen molar-refractivity contribution in [3.8, 4) is 0 Å². The van der Waals surface area contributed by atoms with E-state index in [2.05, 4.69) is 0 Å². The summed E-state index contributed by atoms with van der Waals surface area (Å²) in [6.07, 6.45) is 1.65. The molecule has 0 aliphatic carbocycles. The van der Waals surface area contributed by atoms with Gasteiger partial charge >= 0.3 is 5.97 Å². The second kappa shape index (κ2) is 4.97. The van der Waals surface area contributed by atoms with E-state index in [0.29, 0.717) is 5.56 Å². The van der Waals surface area contributed by atoms with Gasteiger partial charge < -0.3 is 15.4 Å². The zero-order valence-electron chi connectivity index (χ0n) is 10.5. The van der Waals surface area contributed by atoms with Gasteiger partial charge in [-0.3, -0.25) is 4.79 Å². The first-order valence-corrected chi connectivity index (χ1v) is 5.77. The van der Waals surface area contributed by atoms with E-state index < -0.39 is 5.97 Å². The molecule has 1 aromatic heterocycles. The predicted molar refractivity (Wildman–Crippen MR) is 72.4 cm³/mol. The van der Waals surface area contributed by atoms with Crippen molar-refractivity contribution in [2.45, 2.75) is 13.5 Å². The molecule has 0 saturated heterocycles. The van der Waals surface area contributed by atoms with E-state index in [0.717, 1.165) is 5.56 Å². The van der Waals surface area contributed by atoms with Gasteiger partial charge in [-0.25, -0.2) is 4.79 Å². The Labute approximate surface area is 109 Å². The van der Waals surface area contributed by atoms with Gasteiger partial charge in [0.15, 0.2) is 0 Å². The first-order chi connectivity index (χ1) is 8.99. The summed E-state index contributed by atoms with van der Waals surface area (Å²) in [5, 5.41) is 9.17. The molecule has 0 saturated carbocycles. The smallest absolute Gasteiger partial charge is 0.338 e. The van der Waals surface area contributed by atoms with Gasteiger partial charge in [0, 0.05) is 18.0 Å². The molecule has 1 aromatic carbocycles. The van der Waals surface area contributed by atoms with Crippen LogP contribution in [0.4, 0.5) is 5.69 Å². The van der Waals surface area contributed by atoms with Crippen LogP contribution in [0.5, 0.6) is 0 Å². The van der Waals surface area contributed by atoms with Crippen LogP contribution in [0, 0.1) is 6.92 Å². The van der Waals surface area contributed by atoms with Crippen molar-refractivity contribution in [2.24, 2.45) is 0 Å². The summed E-state index contributed by atoms with van der Waals surface area (Å²) in [6, 6.07) is 8.17. The monoisotopic (exact) mass is 258 g/mol. The topological polar surface area (TPSA) is 85.3 Å². The maximum absolute atomic E-state index is 11.8. The van der Waals surface area contributed by atoms with Crippen molar-refractivity contribution in [2.75, 3.05) is 5.73 Å². The lowest BCUT2D eigenvalue weighted by atomic mass is 10.1. The summed E-state index contributed by atoms with van der Waals surface area (Å²) < 4.78 is 1.45. The summed E-state index contributed by atoms with van der Waals surface area (Å²) in [7, 11) is 0. The number of carboxylic acid groups (broad SMARTS) is 1.